The van der Waals surface area contributed by atoms with Crippen molar-refractivity contribution < 1.29 is 9.18 Å². The van der Waals surface area contributed by atoms with Gasteiger partial charge in [0.1, 0.15) is 15.7 Å². The largest absolute Gasteiger partial charge is 0.347 e. The Morgan fingerprint density at radius 3 is 2.58 bits per heavy atom. The molecule has 0 spiro atoms. The summed E-state index contributed by atoms with van der Waals surface area (Å²) < 4.78 is 13.7. The van der Waals surface area contributed by atoms with Gasteiger partial charge in [-0.3, -0.25) is 4.79 Å². The van der Waals surface area contributed by atoms with Gasteiger partial charge in [-0.05, 0) is 24.5 Å². The Morgan fingerprint density at radius 1 is 1.33 bits per heavy atom. The number of amides is 1. The third-order valence-corrected chi connectivity index (χ3v) is 4.24. The molecule has 0 aliphatic carbocycles. The number of thiazole rings is 1. The second-order valence-electron chi connectivity index (χ2n) is 5.55. The lowest BCUT2D eigenvalue weighted by atomic mass is 10.0. The standard InChI is InChI=1S/C16H20FN3OS.2ClH/c1-10(2)7-11(8-18)20-15(21)14-9-19-16(22-14)12-5-3-4-6-13(12)17;;/h3-6,9-11H,7-8,18H2,1-2H3,(H,20,21);2*1H. The smallest absolute Gasteiger partial charge is 0.263 e. The van der Waals surface area contributed by atoms with Crippen LogP contribution in [0.25, 0.3) is 10.6 Å². The summed E-state index contributed by atoms with van der Waals surface area (Å²) in [5.74, 6) is -0.107. The van der Waals surface area contributed by atoms with E-state index in [9.17, 15) is 9.18 Å². The van der Waals surface area contributed by atoms with Gasteiger partial charge in [0, 0.05) is 18.2 Å². The van der Waals surface area contributed by atoms with Gasteiger partial charge in [-0.25, -0.2) is 9.37 Å². The normalized spacial score (nSPS) is 11.4. The summed E-state index contributed by atoms with van der Waals surface area (Å²) in [4.78, 5) is 16.8. The van der Waals surface area contributed by atoms with Gasteiger partial charge in [0.05, 0.1) is 6.20 Å². The Bertz CT molecular complexity index is 652. The lowest BCUT2D eigenvalue weighted by Gasteiger charge is -2.18. The predicted octanol–water partition coefficient (Wildman–Crippen LogP) is 3.90. The lowest BCUT2D eigenvalue weighted by Crippen LogP contribution is -2.40. The molecule has 0 radical (unpaired) electrons. The van der Waals surface area contributed by atoms with Crippen LogP contribution in [0.1, 0.15) is 29.9 Å². The first-order valence-electron chi connectivity index (χ1n) is 7.23. The highest BCUT2D eigenvalue weighted by Crippen LogP contribution is 2.27. The van der Waals surface area contributed by atoms with Crippen LogP contribution in [0.2, 0.25) is 0 Å². The molecule has 1 amide bonds. The van der Waals surface area contributed by atoms with E-state index in [-0.39, 0.29) is 42.6 Å². The fraction of sp³-hybridized carbons (Fsp3) is 0.375. The van der Waals surface area contributed by atoms with Crippen molar-refractivity contribution in [1.82, 2.24) is 10.3 Å². The summed E-state index contributed by atoms with van der Waals surface area (Å²) in [5.41, 5.74) is 6.09. The average molecular weight is 394 g/mol. The number of halogens is 3. The minimum absolute atomic E-state index is 0. The van der Waals surface area contributed by atoms with Crippen LogP contribution in [0.4, 0.5) is 4.39 Å². The van der Waals surface area contributed by atoms with Gasteiger partial charge in [-0.2, -0.15) is 0 Å². The molecule has 0 bridgehead atoms. The molecule has 24 heavy (non-hydrogen) atoms. The summed E-state index contributed by atoms with van der Waals surface area (Å²) in [6.45, 7) is 4.55. The Morgan fingerprint density at radius 2 is 2.00 bits per heavy atom. The predicted molar refractivity (Wildman–Crippen MR) is 102 cm³/mol. The molecule has 1 aromatic heterocycles. The zero-order valence-electron chi connectivity index (χ0n) is 13.5. The number of nitrogens with two attached hydrogens (primary N) is 1. The third kappa shape index (κ3) is 6.02. The molecular weight excluding hydrogens is 372 g/mol. The van der Waals surface area contributed by atoms with Crippen LogP contribution in [-0.2, 0) is 0 Å². The van der Waals surface area contributed by atoms with Gasteiger partial charge in [0.15, 0.2) is 0 Å². The summed E-state index contributed by atoms with van der Waals surface area (Å²) in [5, 5.41) is 3.40. The van der Waals surface area contributed by atoms with Crippen LogP contribution in [0, 0.1) is 11.7 Å². The number of hydrogen-bond donors (Lipinski definition) is 2. The molecule has 1 atom stereocenters. The monoisotopic (exact) mass is 393 g/mol. The number of carbonyl (C=O) groups is 1. The number of carbonyl (C=O) groups excluding carboxylic acids is 1. The van der Waals surface area contributed by atoms with E-state index < -0.39 is 0 Å². The van der Waals surface area contributed by atoms with Crippen molar-refractivity contribution in [1.29, 1.82) is 0 Å². The zero-order chi connectivity index (χ0) is 16.1. The van der Waals surface area contributed by atoms with E-state index in [1.165, 1.54) is 23.6 Å². The highest BCUT2D eigenvalue weighted by molar-refractivity contribution is 7.16. The first-order chi connectivity index (χ1) is 10.5. The topological polar surface area (TPSA) is 68.0 Å². The second-order valence-corrected chi connectivity index (χ2v) is 6.58. The minimum atomic E-state index is -0.344. The molecule has 2 aromatic rings. The average Bonchev–Trinajstić information content (AvgIpc) is 2.96. The van der Waals surface area contributed by atoms with Gasteiger partial charge in [0.25, 0.3) is 5.91 Å². The van der Waals surface area contributed by atoms with E-state index in [4.69, 9.17) is 5.73 Å². The maximum Gasteiger partial charge on any atom is 0.263 e. The highest BCUT2D eigenvalue weighted by atomic mass is 35.5. The quantitative estimate of drug-likeness (QED) is 0.781. The Labute approximate surface area is 157 Å². The molecular formula is C16H22Cl2FN3OS. The molecule has 0 aliphatic heterocycles. The van der Waals surface area contributed by atoms with E-state index in [0.29, 0.717) is 27.9 Å². The van der Waals surface area contributed by atoms with Crippen LogP contribution < -0.4 is 11.1 Å². The molecule has 0 fully saturated rings. The van der Waals surface area contributed by atoms with Gasteiger partial charge in [-0.15, -0.1) is 36.2 Å². The van der Waals surface area contributed by atoms with E-state index in [1.54, 1.807) is 18.2 Å². The number of hydrogen-bond acceptors (Lipinski definition) is 4. The van der Waals surface area contributed by atoms with Crippen molar-refractivity contribution in [2.75, 3.05) is 6.54 Å². The molecule has 8 heteroatoms. The van der Waals surface area contributed by atoms with E-state index in [1.807, 2.05) is 0 Å². The molecule has 3 N–H and O–H groups in total. The number of aromatic nitrogens is 1. The minimum Gasteiger partial charge on any atom is -0.347 e. The van der Waals surface area contributed by atoms with E-state index in [2.05, 4.69) is 24.1 Å². The molecule has 2 rings (SSSR count). The van der Waals surface area contributed by atoms with Crippen LogP contribution in [0.15, 0.2) is 30.5 Å². The molecule has 1 aromatic carbocycles. The summed E-state index contributed by atoms with van der Waals surface area (Å²) in [6, 6.07) is 6.33. The molecule has 4 nitrogen and oxygen atoms in total. The van der Waals surface area contributed by atoms with Crippen molar-refractivity contribution >= 4 is 42.1 Å². The van der Waals surface area contributed by atoms with Gasteiger partial charge < -0.3 is 11.1 Å². The summed E-state index contributed by atoms with van der Waals surface area (Å²) in [7, 11) is 0. The third-order valence-electron chi connectivity index (χ3n) is 3.21. The molecule has 0 saturated heterocycles. The summed E-state index contributed by atoms with van der Waals surface area (Å²) >= 11 is 1.18. The Balaban J connectivity index is 0.00000264. The first-order valence-corrected chi connectivity index (χ1v) is 8.04. The van der Waals surface area contributed by atoms with Crippen LogP contribution in [0.3, 0.4) is 0 Å². The lowest BCUT2D eigenvalue weighted by molar-refractivity contribution is 0.0937. The Kier molecular flexibility index (Phi) is 10.1. The van der Waals surface area contributed by atoms with Crippen molar-refractivity contribution in [2.45, 2.75) is 26.3 Å². The fourth-order valence-corrected chi connectivity index (χ4v) is 3.02. The van der Waals surface area contributed by atoms with Crippen LogP contribution >= 0.6 is 36.2 Å². The van der Waals surface area contributed by atoms with Crippen LogP contribution in [0.5, 0.6) is 0 Å². The van der Waals surface area contributed by atoms with Crippen molar-refractivity contribution in [3.05, 3.63) is 41.2 Å². The number of benzene rings is 1. The molecule has 134 valence electrons. The zero-order valence-corrected chi connectivity index (χ0v) is 15.9. The van der Waals surface area contributed by atoms with E-state index >= 15 is 0 Å². The van der Waals surface area contributed by atoms with Gasteiger partial charge >= 0.3 is 0 Å². The van der Waals surface area contributed by atoms with Crippen molar-refractivity contribution in [2.24, 2.45) is 11.7 Å². The van der Waals surface area contributed by atoms with E-state index in [0.717, 1.165) is 6.42 Å². The fourth-order valence-electron chi connectivity index (χ4n) is 2.18. The number of nitrogens with one attached hydrogen (secondary N) is 1. The maximum absolute atomic E-state index is 13.7. The SMILES string of the molecule is CC(C)CC(CN)NC(=O)c1cnc(-c2ccccc2F)s1.Cl.Cl. The first kappa shape index (κ1) is 22.8. The van der Waals surface area contributed by atoms with Crippen LogP contribution in [-0.4, -0.2) is 23.5 Å². The van der Waals surface area contributed by atoms with Crippen molar-refractivity contribution in [3.63, 3.8) is 0 Å². The Hall–Kier alpha value is -1.21. The molecule has 0 aliphatic rings. The van der Waals surface area contributed by atoms with Crippen molar-refractivity contribution in [3.8, 4) is 10.6 Å². The number of rotatable bonds is 6. The highest BCUT2D eigenvalue weighted by Gasteiger charge is 2.17. The van der Waals surface area contributed by atoms with Gasteiger partial charge in [-0.1, -0.05) is 26.0 Å². The maximum atomic E-state index is 13.7. The summed E-state index contributed by atoms with van der Waals surface area (Å²) in [6.07, 6.45) is 2.30. The molecule has 0 saturated carbocycles. The second kappa shape index (κ2) is 10.6. The molecule has 1 unspecified atom stereocenters. The van der Waals surface area contributed by atoms with Gasteiger partial charge in [0.2, 0.25) is 0 Å². The number of nitrogens with zero attached hydrogens (tertiary/aromatic N) is 1. The molecule has 1 heterocycles.